The highest BCUT2D eigenvalue weighted by Gasteiger charge is 2.29. The van der Waals surface area contributed by atoms with Crippen molar-refractivity contribution < 1.29 is 9.32 Å². The fourth-order valence-corrected chi connectivity index (χ4v) is 3.23. The number of nitrogens with zero attached hydrogens (tertiary/aromatic N) is 1. The van der Waals surface area contributed by atoms with Gasteiger partial charge in [0.2, 0.25) is 5.91 Å². The number of hydrogen-bond acceptors (Lipinski definition) is 5. The van der Waals surface area contributed by atoms with E-state index in [-0.39, 0.29) is 18.0 Å². The number of hydrogen-bond donors (Lipinski definition) is 3. The average molecular weight is 363 g/mol. The molecule has 6 nitrogen and oxygen atoms in total. The molecule has 0 spiro atoms. The molecule has 2 atom stereocenters. The molecule has 2 aromatic rings. The van der Waals surface area contributed by atoms with E-state index >= 15 is 0 Å². The molecule has 0 aliphatic carbocycles. The summed E-state index contributed by atoms with van der Waals surface area (Å²) < 4.78 is 5.15. The minimum Gasteiger partial charge on any atom is -0.361 e. The molecule has 3 N–H and O–H groups in total. The van der Waals surface area contributed by atoms with Gasteiger partial charge in [0, 0.05) is 23.2 Å². The summed E-state index contributed by atoms with van der Waals surface area (Å²) in [5, 5.41) is 7.65. The summed E-state index contributed by atoms with van der Waals surface area (Å²) in [6.07, 6.45) is 2.41. The number of carbonyl (C=O) groups excluding carboxylic acids is 1. The molecular weight excluding hydrogens is 340 g/mol. The Morgan fingerprint density at radius 3 is 2.76 bits per heavy atom. The number of amides is 1. The Hall–Kier alpha value is -1.89. The predicted octanol–water partition coefficient (Wildman–Crippen LogP) is 2.60. The number of aryl methyl sites for hydroxylation is 2. The molecule has 1 aliphatic heterocycles. The van der Waals surface area contributed by atoms with E-state index in [0.717, 1.165) is 35.4 Å². The second kappa shape index (κ2) is 7.99. The Kier molecular flexibility index (Phi) is 5.73. The molecular formula is C18H23ClN4O2. The van der Waals surface area contributed by atoms with Crippen LogP contribution in [-0.2, 0) is 11.2 Å². The molecule has 2 heterocycles. The molecule has 1 amide bonds. The quantitative estimate of drug-likeness (QED) is 0.688. The van der Waals surface area contributed by atoms with Crippen LogP contribution in [0.2, 0.25) is 5.02 Å². The molecule has 134 valence electrons. The van der Waals surface area contributed by atoms with Crippen molar-refractivity contribution in [1.29, 1.82) is 0 Å². The van der Waals surface area contributed by atoms with Crippen LogP contribution in [0.1, 0.15) is 41.5 Å². The van der Waals surface area contributed by atoms with Crippen molar-refractivity contribution in [2.24, 2.45) is 0 Å². The fraction of sp³-hybridized carbons (Fsp3) is 0.444. The third-order valence-electron chi connectivity index (χ3n) is 4.58. The van der Waals surface area contributed by atoms with Crippen molar-refractivity contribution in [2.45, 2.75) is 45.2 Å². The first-order valence-electron chi connectivity index (χ1n) is 8.50. The van der Waals surface area contributed by atoms with Gasteiger partial charge in [-0.3, -0.25) is 4.79 Å². The molecule has 0 radical (unpaired) electrons. The average Bonchev–Trinajstić information content (AvgIpc) is 3.21. The third-order valence-corrected chi connectivity index (χ3v) is 4.83. The molecule has 1 aromatic carbocycles. The van der Waals surface area contributed by atoms with Crippen molar-refractivity contribution in [3.63, 3.8) is 0 Å². The van der Waals surface area contributed by atoms with Crippen molar-refractivity contribution in [3.05, 3.63) is 51.9 Å². The van der Waals surface area contributed by atoms with Gasteiger partial charge in [0.15, 0.2) is 0 Å². The standard InChI is InChI=1S/C18H23ClN4O2/c1-11-15(12(2)25-23-11)4-3-9-20-18(24)17-10-16(21-22-17)13-5-7-14(19)8-6-13/h5-8,16-17,21-22H,3-4,9-10H2,1-2H3,(H,20,24). The van der Waals surface area contributed by atoms with E-state index in [9.17, 15) is 4.79 Å². The van der Waals surface area contributed by atoms with E-state index in [1.807, 2.05) is 38.1 Å². The van der Waals surface area contributed by atoms with Crippen LogP contribution in [0.3, 0.4) is 0 Å². The molecule has 7 heteroatoms. The van der Waals surface area contributed by atoms with Crippen LogP contribution in [0.5, 0.6) is 0 Å². The SMILES string of the molecule is Cc1noc(C)c1CCCNC(=O)C1CC(c2ccc(Cl)cc2)NN1. The topological polar surface area (TPSA) is 79.2 Å². The molecule has 1 aromatic heterocycles. The van der Waals surface area contributed by atoms with E-state index < -0.39 is 0 Å². The lowest BCUT2D eigenvalue weighted by Gasteiger charge is -2.11. The molecule has 25 heavy (non-hydrogen) atoms. The number of halogens is 1. The zero-order chi connectivity index (χ0) is 17.8. The summed E-state index contributed by atoms with van der Waals surface area (Å²) in [7, 11) is 0. The number of hydrazine groups is 1. The van der Waals surface area contributed by atoms with Crippen molar-refractivity contribution in [1.82, 2.24) is 21.3 Å². The van der Waals surface area contributed by atoms with Crippen LogP contribution >= 0.6 is 11.6 Å². The zero-order valence-corrected chi connectivity index (χ0v) is 15.2. The fourth-order valence-electron chi connectivity index (χ4n) is 3.10. The summed E-state index contributed by atoms with van der Waals surface area (Å²) in [6.45, 7) is 4.49. The van der Waals surface area contributed by atoms with Crippen LogP contribution in [0.15, 0.2) is 28.8 Å². The number of carbonyl (C=O) groups is 1. The first-order valence-corrected chi connectivity index (χ1v) is 8.88. The summed E-state index contributed by atoms with van der Waals surface area (Å²) in [6, 6.07) is 7.55. The highest BCUT2D eigenvalue weighted by atomic mass is 35.5. The van der Waals surface area contributed by atoms with Gasteiger partial charge in [-0.2, -0.15) is 0 Å². The van der Waals surface area contributed by atoms with Gasteiger partial charge in [0.1, 0.15) is 11.8 Å². The molecule has 1 fully saturated rings. The normalized spacial score (nSPS) is 20.0. The van der Waals surface area contributed by atoms with E-state index in [1.54, 1.807) is 0 Å². The van der Waals surface area contributed by atoms with Gasteiger partial charge in [-0.05, 0) is 50.8 Å². The minimum atomic E-state index is -0.236. The molecule has 1 aliphatic rings. The number of aromatic nitrogens is 1. The first kappa shape index (κ1) is 17.9. The van der Waals surface area contributed by atoms with Gasteiger partial charge < -0.3 is 9.84 Å². The molecule has 0 saturated carbocycles. The van der Waals surface area contributed by atoms with E-state index in [4.69, 9.17) is 16.1 Å². The summed E-state index contributed by atoms with van der Waals surface area (Å²) >= 11 is 5.91. The highest BCUT2D eigenvalue weighted by molar-refractivity contribution is 6.30. The molecule has 0 bridgehead atoms. The Labute approximate surface area is 152 Å². The Morgan fingerprint density at radius 1 is 1.32 bits per heavy atom. The van der Waals surface area contributed by atoms with Crippen LogP contribution in [0, 0.1) is 13.8 Å². The van der Waals surface area contributed by atoms with Crippen LogP contribution in [0.25, 0.3) is 0 Å². The van der Waals surface area contributed by atoms with Gasteiger partial charge >= 0.3 is 0 Å². The number of rotatable bonds is 6. The lowest BCUT2D eigenvalue weighted by Crippen LogP contribution is -2.43. The van der Waals surface area contributed by atoms with Crippen molar-refractivity contribution in [2.75, 3.05) is 6.54 Å². The van der Waals surface area contributed by atoms with Gasteiger partial charge in [-0.25, -0.2) is 10.9 Å². The minimum absolute atomic E-state index is 0.0164. The molecule has 2 unspecified atom stereocenters. The first-order chi connectivity index (χ1) is 12.0. The van der Waals surface area contributed by atoms with Gasteiger partial charge in [0.25, 0.3) is 0 Å². The maximum Gasteiger partial charge on any atom is 0.238 e. The van der Waals surface area contributed by atoms with Crippen LogP contribution in [0.4, 0.5) is 0 Å². The lowest BCUT2D eigenvalue weighted by molar-refractivity contribution is -0.122. The predicted molar refractivity (Wildman–Crippen MR) is 96.2 cm³/mol. The number of benzene rings is 1. The highest BCUT2D eigenvalue weighted by Crippen LogP contribution is 2.23. The van der Waals surface area contributed by atoms with Crippen LogP contribution in [-0.4, -0.2) is 23.7 Å². The Morgan fingerprint density at radius 2 is 2.08 bits per heavy atom. The monoisotopic (exact) mass is 362 g/mol. The number of nitrogens with one attached hydrogen (secondary N) is 3. The van der Waals surface area contributed by atoms with Gasteiger partial charge in [-0.1, -0.05) is 28.9 Å². The van der Waals surface area contributed by atoms with Crippen molar-refractivity contribution in [3.8, 4) is 0 Å². The Bertz CT molecular complexity index is 710. The van der Waals surface area contributed by atoms with E-state index in [0.29, 0.717) is 18.0 Å². The second-order valence-electron chi connectivity index (χ2n) is 6.38. The maximum absolute atomic E-state index is 12.3. The van der Waals surface area contributed by atoms with Gasteiger partial charge in [0.05, 0.1) is 5.69 Å². The van der Waals surface area contributed by atoms with Gasteiger partial charge in [-0.15, -0.1) is 0 Å². The maximum atomic E-state index is 12.3. The third kappa shape index (κ3) is 4.39. The zero-order valence-electron chi connectivity index (χ0n) is 14.4. The summed E-state index contributed by atoms with van der Waals surface area (Å²) in [5.74, 6) is 0.874. The summed E-state index contributed by atoms with van der Waals surface area (Å²) in [4.78, 5) is 12.3. The summed E-state index contributed by atoms with van der Waals surface area (Å²) in [5.41, 5.74) is 9.43. The lowest BCUT2D eigenvalue weighted by atomic mass is 10.0. The van der Waals surface area contributed by atoms with Crippen LogP contribution < -0.4 is 16.2 Å². The molecule has 3 rings (SSSR count). The molecule has 1 saturated heterocycles. The van der Waals surface area contributed by atoms with E-state index in [2.05, 4.69) is 21.3 Å². The second-order valence-corrected chi connectivity index (χ2v) is 6.81. The smallest absolute Gasteiger partial charge is 0.238 e. The largest absolute Gasteiger partial charge is 0.361 e. The van der Waals surface area contributed by atoms with Crippen molar-refractivity contribution >= 4 is 17.5 Å². The Balaban J connectivity index is 1.42. The van der Waals surface area contributed by atoms with E-state index in [1.165, 1.54) is 0 Å².